The molecule has 1 atom stereocenters. The van der Waals surface area contributed by atoms with E-state index in [4.69, 9.17) is 11.6 Å². The topological polar surface area (TPSA) is 12.0 Å². The highest BCUT2D eigenvalue weighted by molar-refractivity contribution is 6.25. The van der Waals surface area contributed by atoms with E-state index in [1.165, 1.54) is 25.1 Å². The van der Waals surface area contributed by atoms with Gasteiger partial charge in [0.25, 0.3) is 0 Å². The van der Waals surface area contributed by atoms with E-state index in [1.807, 2.05) is 0 Å². The number of hydrogen-bond donors (Lipinski definition) is 1. The van der Waals surface area contributed by atoms with Gasteiger partial charge in [0.15, 0.2) is 0 Å². The molecule has 1 aliphatic heterocycles. The van der Waals surface area contributed by atoms with E-state index in [0.29, 0.717) is 0 Å². The number of nitrogens with one attached hydrogen (secondary N) is 1. The fourth-order valence-corrected chi connectivity index (χ4v) is 1.48. The van der Waals surface area contributed by atoms with Crippen molar-refractivity contribution in [2.24, 2.45) is 5.92 Å². The van der Waals surface area contributed by atoms with E-state index in [2.05, 4.69) is 12.2 Å². The van der Waals surface area contributed by atoms with Crippen LogP contribution in [0.4, 0.5) is 0 Å². The van der Waals surface area contributed by atoms with Gasteiger partial charge in [-0.2, -0.15) is 0 Å². The van der Waals surface area contributed by atoms with E-state index >= 15 is 0 Å². The van der Waals surface area contributed by atoms with Gasteiger partial charge in [0.05, 0.1) is 0 Å². The molecule has 0 saturated carbocycles. The fraction of sp³-hybridized carbons (Fsp3) is 0.750. The highest BCUT2D eigenvalue weighted by atomic mass is 35.5. The predicted octanol–water partition coefficient (Wildman–Crippen LogP) is 2.13. The maximum absolute atomic E-state index is 5.55. The van der Waals surface area contributed by atoms with Crippen LogP contribution in [0.1, 0.15) is 19.8 Å². The zero-order chi connectivity index (χ0) is 7.40. The first-order chi connectivity index (χ1) is 4.83. The van der Waals surface area contributed by atoms with Gasteiger partial charge in [-0.15, -0.1) is 0 Å². The summed E-state index contributed by atoms with van der Waals surface area (Å²) in [5.41, 5.74) is 2.99. The van der Waals surface area contributed by atoms with Crippen LogP contribution in [0.2, 0.25) is 0 Å². The number of halogens is 1. The summed E-state index contributed by atoms with van der Waals surface area (Å²) in [6.45, 7) is 4.44. The largest absolute Gasteiger partial charge is 0.316 e. The van der Waals surface area contributed by atoms with Crippen molar-refractivity contribution >= 4 is 11.6 Å². The molecular weight excluding hydrogens is 146 g/mol. The highest BCUT2D eigenvalue weighted by Crippen LogP contribution is 2.17. The average molecular weight is 160 g/mol. The van der Waals surface area contributed by atoms with Crippen molar-refractivity contribution in [2.45, 2.75) is 19.8 Å². The van der Waals surface area contributed by atoms with Gasteiger partial charge >= 0.3 is 0 Å². The van der Waals surface area contributed by atoms with Gasteiger partial charge in [0.1, 0.15) is 0 Å². The molecule has 58 valence electrons. The summed E-state index contributed by atoms with van der Waals surface area (Å²) in [5.74, 6) is 0.829. The minimum absolute atomic E-state index is 0.829. The molecule has 0 amide bonds. The van der Waals surface area contributed by atoms with E-state index < -0.39 is 0 Å². The Bertz CT molecular complexity index is 125. The normalized spacial score (nSPS) is 27.4. The van der Waals surface area contributed by atoms with Crippen molar-refractivity contribution in [2.75, 3.05) is 13.1 Å². The number of hydrogen-bond acceptors (Lipinski definition) is 1. The van der Waals surface area contributed by atoms with Crippen LogP contribution in [0.5, 0.6) is 0 Å². The zero-order valence-electron chi connectivity index (χ0n) is 6.36. The van der Waals surface area contributed by atoms with Crippen LogP contribution in [-0.2, 0) is 0 Å². The molecular formula is C8H14ClN. The third kappa shape index (κ3) is 2.31. The molecule has 0 aliphatic carbocycles. The Labute approximate surface area is 67.5 Å². The van der Waals surface area contributed by atoms with E-state index in [9.17, 15) is 0 Å². The molecule has 1 nitrogen and oxygen atoms in total. The summed E-state index contributed by atoms with van der Waals surface area (Å²) >= 11 is 5.55. The summed E-state index contributed by atoms with van der Waals surface area (Å²) in [4.78, 5) is 0. The second-order valence-electron chi connectivity index (χ2n) is 3.02. The minimum Gasteiger partial charge on any atom is -0.316 e. The maximum Gasteiger partial charge on any atom is 0.00317 e. The first-order valence-corrected chi connectivity index (χ1v) is 4.23. The summed E-state index contributed by atoms with van der Waals surface area (Å²) in [6.07, 6.45) is 2.47. The van der Waals surface area contributed by atoms with Gasteiger partial charge in [-0.05, 0) is 38.8 Å². The van der Waals surface area contributed by atoms with Crippen molar-refractivity contribution in [3.05, 3.63) is 11.1 Å². The van der Waals surface area contributed by atoms with Gasteiger partial charge in [-0.25, -0.2) is 0 Å². The molecule has 1 N–H and O–H groups in total. The third-order valence-corrected chi connectivity index (χ3v) is 2.33. The van der Waals surface area contributed by atoms with Crippen molar-refractivity contribution in [1.29, 1.82) is 0 Å². The number of allylic oxidation sites excluding steroid dienone is 1. The first kappa shape index (κ1) is 8.09. The second kappa shape index (κ2) is 3.99. The molecule has 0 aromatic carbocycles. The lowest BCUT2D eigenvalue weighted by atomic mass is 10.0. The Morgan fingerprint density at radius 3 is 3.10 bits per heavy atom. The monoisotopic (exact) mass is 159 g/mol. The third-order valence-electron chi connectivity index (χ3n) is 1.96. The smallest absolute Gasteiger partial charge is 0.00317 e. The van der Waals surface area contributed by atoms with E-state index in [-0.39, 0.29) is 0 Å². The van der Waals surface area contributed by atoms with Gasteiger partial charge in [0, 0.05) is 5.54 Å². The van der Waals surface area contributed by atoms with Gasteiger partial charge in [-0.1, -0.05) is 17.2 Å². The molecule has 0 bridgehead atoms. The average Bonchev–Trinajstić information content (AvgIpc) is 2.40. The standard InChI is InChI=1S/C8H14ClN/c1-7(5-9)4-8-2-3-10-6-8/h5,8,10H,2-4,6H2,1H3/b7-5+. The van der Waals surface area contributed by atoms with Crippen LogP contribution in [-0.4, -0.2) is 13.1 Å². The summed E-state index contributed by atoms with van der Waals surface area (Å²) in [6, 6.07) is 0. The van der Waals surface area contributed by atoms with E-state index in [0.717, 1.165) is 12.3 Å². The van der Waals surface area contributed by atoms with Gasteiger partial charge in [-0.3, -0.25) is 0 Å². The summed E-state index contributed by atoms with van der Waals surface area (Å²) in [7, 11) is 0. The summed E-state index contributed by atoms with van der Waals surface area (Å²) < 4.78 is 0. The van der Waals surface area contributed by atoms with Crippen LogP contribution in [0.3, 0.4) is 0 Å². The Kier molecular flexibility index (Phi) is 3.23. The fourth-order valence-electron chi connectivity index (χ4n) is 1.39. The lowest BCUT2D eigenvalue weighted by Gasteiger charge is -2.06. The Morgan fingerprint density at radius 1 is 1.80 bits per heavy atom. The maximum atomic E-state index is 5.55. The molecule has 1 unspecified atom stereocenters. The van der Waals surface area contributed by atoms with Crippen LogP contribution in [0.25, 0.3) is 0 Å². The van der Waals surface area contributed by atoms with Gasteiger partial charge in [0.2, 0.25) is 0 Å². The molecule has 1 aliphatic rings. The van der Waals surface area contributed by atoms with Crippen LogP contribution in [0.15, 0.2) is 11.1 Å². The van der Waals surface area contributed by atoms with Crippen LogP contribution in [0, 0.1) is 5.92 Å². The van der Waals surface area contributed by atoms with Crippen LogP contribution < -0.4 is 5.32 Å². The Hall–Kier alpha value is -0.0100. The molecule has 2 heteroatoms. The predicted molar refractivity (Wildman–Crippen MR) is 45.2 cm³/mol. The lowest BCUT2D eigenvalue weighted by molar-refractivity contribution is 0.577. The van der Waals surface area contributed by atoms with Crippen molar-refractivity contribution in [3.8, 4) is 0 Å². The molecule has 0 spiro atoms. The molecule has 1 saturated heterocycles. The zero-order valence-corrected chi connectivity index (χ0v) is 7.12. The molecule has 1 heterocycles. The highest BCUT2D eigenvalue weighted by Gasteiger charge is 2.13. The Morgan fingerprint density at radius 2 is 2.60 bits per heavy atom. The molecule has 1 rings (SSSR count). The van der Waals surface area contributed by atoms with Crippen molar-refractivity contribution in [3.63, 3.8) is 0 Å². The van der Waals surface area contributed by atoms with Crippen molar-refractivity contribution < 1.29 is 0 Å². The minimum atomic E-state index is 0.829. The second-order valence-corrected chi connectivity index (χ2v) is 3.24. The quantitative estimate of drug-likeness (QED) is 0.651. The van der Waals surface area contributed by atoms with Crippen LogP contribution >= 0.6 is 11.6 Å². The molecule has 0 radical (unpaired) electrons. The molecule has 10 heavy (non-hydrogen) atoms. The van der Waals surface area contributed by atoms with Gasteiger partial charge < -0.3 is 5.32 Å². The Balaban J connectivity index is 2.24. The molecule has 0 aromatic rings. The lowest BCUT2D eigenvalue weighted by Crippen LogP contribution is -2.08. The SMILES string of the molecule is C/C(=C\Cl)CC1CCNC1. The van der Waals surface area contributed by atoms with E-state index in [1.54, 1.807) is 5.54 Å². The number of rotatable bonds is 2. The molecule has 1 fully saturated rings. The summed E-state index contributed by atoms with van der Waals surface area (Å²) in [5, 5.41) is 3.33. The first-order valence-electron chi connectivity index (χ1n) is 3.79. The van der Waals surface area contributed by atoms with Crippen molar-refractivity contribution in [1.82, 2.24) is 5.32 Å². The molecule has 0 aromatic heterocycles.